The number of piperazine rings is 1. The minimum absolute atomic E-state index is 0.537. The summed E-state index contributed by atoms with van der Waals surface area (Å²) in [5.41, 5.74) is 0.537. The maximum Gasteiger partial charge on any atom is 0.0195 e. The maximum absolute atomic E-state index is 3.71. The SMILES string of the molecule is CCCC1CN(CC2(C)CCN(C)CC2)C(C)CN1. The van der Waals surface area contributed by atoms with Crippen LogP contribution in [0.15, 0.2) is 0 Å². The smallest absolute Gasteiger partial charge is 0.0195 e. The van der Waals surface area contributed by atoms with Gasteiger partial charge in [0.15, 0.2) is 0 Å². The van der Waals surface area contributed by atoms with Crippen molar-refractivity contribution in [1.29, 1.82) is 0 Å². The van der Waals surface area contributed by atoms with Crippen molar-refractivity contribution in [1.82, 2.24) is 15.1 Å². The van der Waals surface area contributed by atoms with Crippen molar-refractivity contribution in [3.63, 3.8) is 0 Å². The summed E-state index contributed by atoms with van der Waals surface area (Å²) in [5, 5.41) is 3.71. The molecule has 2 heterocycles. The van der Waals surface area contributed by atoms with E-state index in [1.54, 1.807) is 0 Å². The predicted octanol–water partition coefficient (Wildman–Crippen LogP) is 2.18. The van der Waals surface area contributed by atoms with Gasteiger partial charge in [-0.2, -0.15) is 0 Å². The van der Waals surface area contributed by atoms with Gasteiger partial charge in [-0.1, -0.05) is 20.3 Å². The van der Waals surface area contributed by atoms with Crippen LogP contribution in [0.25, 0.3) is 0 Å². The zero-order valence-corrected chi connectivity index (χ0v) is 13.4. The molecular formula is C16H33N3. The summed E-state index contributed by atoms with van der Waals surface area (Å²) < 4.78 is 0. The molecule has 0 radical (unpaired) electrons. The lowest BCUT2D eigenvalue weighted by atomic mass is 9.79. The van der Waals surface area contributed by atoms with E-state index in [-0.39, 0.29) is 0 Å². The molecule has 112 valence electrons. The van der Waals surface area contributed by atoms with Crippen LogP contribution in [0.1, 0.15) is 46.5 Å². The molecule has 0 spiro atoms. The van der Waals surface area contributed by atoms with Crippen LogP contribution in [-0.4, -0.2) is 61.7 Å². The van der Waals surface area contributed by atoms with Crippen molar-refractivity contribution >= 4 is 0 Å². The fourth-order valence-corrected chi connectivity index (χ4v) is 3.56. The summed E-state index contributed by atoms with van der Waals surface area (Å²) in [5.74, 6) is 0. The largest absolute Gasteiger partial charge is 0.311 e. The van der Waals surface area contributed by atoms with Crippen molar-refractivity contribution in [3.05, 3.63) is 0 Å². The molecule has 1 N–H and O–H groups in total. The zero-order valence-electron chi connectivity index (χ0n) is 13.4. The van der Waals surface area contributed by atoms with E-state index in [2.05, 4.69) is 42.9 Å². The first-order valence-electron chi connectivity index (χ1n) is 8.18. The fraction of sp³-hybridized carbons (Fsp3) is 1.00. The molecule has 2 saturated heterocycles. The molecule has 2 fully saturated rings. The summed E-state index contributed by atoms with van der Waals surface area (Å²) in [7, 11) is 2.25. The number of piperidine rings is 1. The number of likely N-dealkylation sites (tertiary alicyclic amines) is 1. The van der Waals surface area contributed by atoms with E-state index in [1.807, 2.05) is 0 Å². The van der Waals surface area contributed by atoms with Crippen molar-refractivity contribution in [2.45, 2.75) is 58.5 Å². The van der Waals surface area contributed by atoms with Gasteiger partial charge >= 0.3 is 0 Å². The van der Waals surface area contributed by atoms with Crippen LogP contribution in [0.4, 0.5) is 0 Å². The van der Waals surface area contributed by atoms with Gasteiger partial charge in [0.25, 0.3) is 0 Å². The van der Waals surface area contributed by atoms with Crippen molar-refractivity contribution in [2.24, 2.45) is 5.41 Å². The molecule has 3 heteroatoms. The monoisotopic (exact) mass is 267 g/mol. The molecule has 2 unspecified atom stereocenters. The first-order valence-corrected chi connectivity index (χ1v) is 8.18. The zero-order chi connectivity index (χ0) is 13.9. The quantitative estimate of drug-likeness (QED) is 0.842. The Labute approximate surface area is 119 Å². The van der Waals surface area contributed by atoms with E-state index in [0.29, 0.717) is 11.5 Å². The molecule has 3 nitrogen and oxygen atoms in total. The Morgan fingerprint density at radius 2 is 1.95 bits per heavy atom. The Balaban J connectivity index is 1.88. The van der Waals surface area contributed by atoms with Gasteiger partial charge in [0.2, 0.25) is 0 Å². The normalized spacial score (nSPS) is 33.5. The highest BCUT2D eigenvalue weighted by atomic mass is 15.2. The van der Waals surface area contributed by atoms with E-state index in [4.69, 9.17) is 0 Å². The third-order valence-corrected chi connectivity index (χ3v) is 5.20. The molecular weight excluding hydrogens is 234 g/mol. The lowest BCUT2D eigenvalue weighted by Crippen LogP contribution is -2.58. The molecule has 2 atom stereocenters. The summed E-state index contributed by atoms with van der Waals surface area (Å²) in [6, 6.07) is 1.42. The minimum atomic E-state index is 0.537. The number of nitrogens with one attached hydrogen (secondary N) is 1. The maximum atomic E-state index is 3.71. The van der Waals surface area contributed by atoms with E-state index < -0.39 is 0 Å². The number of hydrogen-bond acceptors (Lipinski definition) is 3. The molecule has 2 aliphatic rings. The van der Waals surface area contributed by atoms with E-state index in [0.717, 1.165) is 6.04 Å². The molecule has 2 rings (SSSR count). The second-order valence-electron chi connectivity index (χ2n) is 7.29. The molecule has 2 aliphatic heterocycles. The van der Waals surface area contributed by atoms with Crippen LogP contribution in [0.3, 0.4) is 0 Å². The van der Waals surface area contributed by atoms with Crippen molar-refractivity contribution in [3.8, 4) is 0 Å². The first kappa shape index (κ1) is 15.3. The third kappa shape index (κ3) is 4.17. The summed E-state index contributed by atoms with van der Waals surface area (Å²) in [4.78, 5) is 5.23. The molecule has 0 aromatic rings. The molecule has 19 heavy (non-hydrogen) atoms. The summed E-state index contributed by atoms with van der Waals surface area (Å²) in [6.45, 7) is 13.4. The molecule has 0 aromatic carbocycles. The van der Waals surface area contributed by atoms with Gasteiger partial charge < -0.3 is 10.2 Å². The molecule has 0 saturated carbocycles. The van der Waals surface area contributed by atoms with Gasteiger partial charge in [-0.25, -0.2) is 0 Å². The number of nitrogens with zero attached hydrogens (tertiary/aromatic N) is 2. The van der Waals surface area contributed by atoms with Crippen molar-refractivity contribution in [2.75, 3.05) is 39.8 Å². The average Bonchev–Trinajstić information content (AvgIpc) is 2.38. The molecule has 0 aromatic heterocycles. The summed E-state index contributed by atoms with van der Waals surface area (Å²) >= 11 is 0. The van der Waals surface area contributed by atoms with Gasteiger partial charge in [0.05, 0.1) is 0 Å². The Morgan fingerprint density at radius 1 is 1.26 bits per heavy atom. The van der Waals surface area contributed by atoms with Crippen LogP contribution >= 0.6 is 0 Å². The van der Waals surface area contributed by atoms with E-state index in [1.165, 1.54) is 58.4 Å². The third-order valence-electron chi connectivity index (χ3n) is 5.20. The topological polar surface area (TPSA) is 18.5 Å². The standard InChI is InChI=1S/C16H33N3/c1-5-6-15-12-19(14(2)11-17-15)13-16(3)7-9-18(4)10-8-16/h14-15,17H,5-13H2,1-4H3. The predicted molar refractivity (Wildman–Crippen MR) is 82.6 cm³/mol. The average molecular weight is 267 g/mol. The molecule has 0 amide bonds. The van der Waals surface area contributed by atoms with Gasteiger partial charge in [-0.05, 0) is 51.7 Å². The Kier molecular flexibility index (Phi) is 5.27. The first-order chi connectivity index (χ1) is 9.02. The second-order valence-corrected chi connectivity index (χ2v) is 7.29. The summed E-state index contributed by atoms with van der Waals surface area (Å²) in [6.07, 6.45) is 5.34. The number of hydrogen-bond donors (Lipinski definition) is 1. The van der Waals surface area contributed by atoms with Crippen LogP contribution < -0.4 is 5.32 Å². The Bertz CT molecular complexity index is 271. The van der Waals surface area contributed by atoms with Crippen LogP contribution in [0, 0.1) is 5.41 Å². The van der Waals surface area contributed by atoms with Gasteiger partial charge in [0, 0.05) is 31.7 Å². The Hall–Kier alpha value is -0.120. The minimum Gasteiger partial charge on any atom is -0.311 e. The van der Waals surface area contributed by atoms with Crippen LogP contribution in [0.2, 0.25) is 0 Å². The van der Waals surface area contributed by atoms with Crippen LogP contribution in [-0.2, 0) is 0 Å². The second kappa shape index (κ2) is 6.55. The van der Waals surface area contributed by atoms with E-state index in [9.17, 15) is 0 Å². The molecule has 0 bridgehead atoms. The van der Waals surface area contributed by atoms with Crippen molar-refractivity contribution < 1.29 is 0 Å². The van der Waals surface area contributed by atoms with Gasteiger partial charge in [-0.15, -0.1) is 0 Å². The lowest BCUT2D eigenvalue weighted by Gasteiger charge is -2.46. The lowest BCUT2D eigenvalue weighted by molar-refractivity contribution is 0.0463. The van der Waals surface area contributed by atoms with Crippen LogP contribution in [0.5, 0.6) is 0 Å². The highest BCUT2D eigenvalue weighted by molar-refractivity contribution is 4.90. The highest BCUT2D eigenvalue weighted by Crippen LogP contribution is 2.32. The highest BCUT2D eigenvalue weighted by Gasteiger charge is 2.34. The molecule has 0 aliphatic carbocycles. The number of rotatable bonds is 4. The van der Waals surface area contributed by atoms with Gasteiger partial charge in [0.1, 0.15) is 0 Å². The fourth-order valence-electron chi connectivity index (χ4n) is 3.56. The van der Waals surface area contributed by atoms with E-state index >= 15 is 0 Å². The van der Waals surface area contributed by atoms with Gasteiger partial charge in [-0.3, -0.25) is 4.90 Å². The Morgan fingerprint density at radius 3 is 2.58 bits per heavy atom.